The largest absolute Gasteiger partial charge is 0.495 e. The number of morpholine rings is 1. The Kier molecular flexibility index (Phi) is 8.84. The number of thioether (sulfide) groups is 1. The lowest BCUT2D eigenvalue weighted by molar-refractivity contribution is -0.142. The number of carbonyl (C=O) groups excluding carboxylic acids is 2. The molecule has 1 aromatic heterocycles. The highest BCUT2D eigenvalue weighted by molar-refractivity contribution is 7.98. The molecule has 1 atom stereocenters. The number of carbonyl (C=O) groups is 2. The number of para-hydroxylation sites is 1. The minimum atomic E-state index is -0.684. The summed E-state index contributed by atoms with van der Waals surface area (Å²) < 4.78 is 18.1. The van der Waals surface area contributed by atoms with E-state index in [1.165, 1.54) is 7.11 Å². The van der Waals surface area contributed by atoms with Gasteiger partial charge in [0.1, 0.15) is 11.8 Å². The molecule has 0 radical (unpaired) electrons. The van der Waals surface area contributed by atoms with Crippen molar-refractivity contribution < 1.29 is 23.8 Å². The molecule has 32 heavy (non-hydrogen) atoms. The molecular formula is C23H33N3O5S. The standard InChI is InChI=1S/C23H33N3O5S/c1-16-20(22(27)24-18(8-15-32-4)23(28)30-3)17-6-5-7-19(29-2)21(17)26(16)10-9-25-11-13-31-14-12-25/h5-7,18H,8-15H2,1-4H3,(H,24,27)/t18-/m0/s1. The molecule has 1 fully saturated rings. The molecule has 1 aliphatic rings. The van der Waals surface area contributed by atoms with Crippen molar-refractivity contribution in [2.75, 3.05) is 59.1 Å². The van der Waals surface area contributed by atoms with Gasteiger partial charge in [-0.25, -0.2) is 4.79 Å². The molecule has 0 bridgehead atoms. The van der Waals surface area contributed by atoms with Gasteiger partial charge in [-0.15, -0.1) is 0 Å². The summed E-state index contributed by atoms with van der Waals surface area (Å²) in [4.78, 5) is 28.0. The summed E-state index contributed by atoms with van der Waals surface area (Å²) in [6, 6.07) is 5.04. The van der Waals surface area contributed by atoms with Crippen LogP contribution in [0.1, 0.15) is 22.5 Å². The van der Waals surface area contributed by atoms with Gasteiger partial charge in [0.2, 0.25) is 0 Å². The zero-order valence-corrected chi connectivity index (χ0v) is 20.1. The summed E-state index contributed by atoms with van der Waals surface area (Å²) in [5.41, 5.74) is 2.31. The molecule has 8 nitrogen and oxygen atoms in total. The van der Waals surface area contributed by atoms with Crippen LogP contribution in [0.25, 0.3) is 10.9 Å². The molecule has 0 aliphatic carbocycles. The normalized spacial score (nSPS) is 15.5. The monoisotopic (exact) mass is 463 g/mol. The van der Waals surface area contributed by atoms with Crippen LogP contribution in [0.15, 0.2) is 18.2 Å². The Morgan fingerprint density at radius 3 is 2.62 bits per heavy atom. The van der Waals surface area contributed by atoms with Crippen molar-refractivity contribution in [1.82, 2.24) is 14.8 Å². The molecule has 0 saturated carbocycles. The van der Waals surface area contributed by atoms with Gasteiger partial charge < -0.3 is 24.1 Å². The highest BCUT2D eigenvalue weighted by Gasteiger charge is 2.27. The molecule has 1 saturated heterocycles. The SMILES string of the molecule is COC(=O)[C@H](CCSC)NC(=O)c1c(C)n(CCN2CCOCC2)c2c(OC)cccc12. The van der Waals surface area contributed by atoms with Gasteiger partial charge in [-0.1, -0.05) is 12.1 Å². The second-order valence-corrected chi connectivity index (χ2v) is 8.74. The molecule has 2 heterocycles. The second kappa shape index (κ2) is 11.6. The Hall–Kier alpha value is -2.23. The van der Waals surface area contributed by atoms with E-state index in [9.17, 15) is 9.59 Å². The first-order chi connectivity index (χ1) is 15.5. The summed E-state index contributed by atoms with van der Waals surface area (Å²) in [6.45, 7) is 6.82. The minimum Gasteiger partial charge on any atom is -0.495 e. The number of methoxy groups -OCH3 is 2. The Bertz CT molecular complexity index is 939. The molecule has 1 N–H and O–H groups in total. The van der Waals surface area contributed by atoms with Gasteiger partial charge in [-0.05, 0) is 31.4 Å². The number of amides is 1. The van der Waals surface area contributed by atoms with Gasteiger partial charge in [0.05, 0.1) is 38.5 Å². The topological polar surface area (TPSA) is 82.0 Å². The van der Waals surface area contributed by atoms with E-state index >= 15 is 0 Å². The van der Waals surface area contributed by atoms with Gasteiger partial charge in [0.25, 0.3) is 5.91 Å². The second-order valence-electron chi connectivity index (χ2n) is 7.75. The Balaban J connectivity index is 1.94. The van der Waals surface area contributed by atoms with Crippen LogP contribution in [0.3, 0.4) is 0 Å². The van der Waals surface area contributed by atoms with Crippen LogP contribution in [0, 0.1) is 6.92 Å². The third-order valence-corrected chi connectivity index (χ3v) is 6.54. The zero-order valence-electron chi connectivity index (χ0n) is 19.3. The van der Waals surface area contributed by atoms with Crippen LogP contribution >= 0.6 is 11.8 Å². The fraction of sp³-hybridized carbons (Fsp3) is 0.565. The summed E-state index contributed by atoms with van der Waals surface area (Å²) in [6.07, 6.45) is 2.48. The van der Waals surface area contributed by atoms with E-state index in [4.69, 9.17) is 14.2 Å². The molecule has 9 heteroatoms. The number of nitrogens with one attached hydrogen (secondary N) is 1. The molecule has 0 unspecified atom stereocenters. The lowest BCUT2D eigenvalue weighted by Crippen LogP contribution is -2.42. The van der Waals surface area contributed by atoms with E-state index in [2.05, 4.69) is 14.8 Å². The number of aromatic nitrogens is 1. The fourth-order valence-corrected chi connectivity index (χ4v) is 4.63. The minimum absolute atomic E-state index is 0.276. The summed E-state index contributed by atoms with van der Waals surface area (Å²) in [7, 11) is 2.98. The van der Waals surface area contributed by atoms with Crippen LogP contribution in [-0.2, 0) is 20.8 Å². The van der Waals surface area contributed by atoms with E-state index in [1.54, 1.807) is 18.9 Å². The number of nitrogens with zero attached hydrogens (tertiary/aromatic N) is 2. The fourth-order valence-electron chi connectivity index (χ4n) is 4.15. The lowest BCUT2D eigenvalue weighted by Gasteiger charge is -2.27. The lowest BCUT2D eigenvalue weighted by atomic mass is 10.1. The maximum Gasteiger partial charge on any atom is 0.328 e. The number of esters is 1. The third kappa shape index (κ3) is 5.39. The summed E-state index contributed by atoms with van der Waals surface area (Å²) in [5.74, 6) is 0.758. The van der Waals surface area contributed by atoms with E-state index in [0.717, 1.165) is 67.5 Å². The molecule has 1 aromatic carbocycles. The maximum atomic E-state index is 13.4. The third-order valence-electron chi connectivity index (χ3n) is 5.90. The first-order valence-electron chi connectivity index (χ1n) is 10.8. The van der Waals surface area contributed by atoms with E-state index in [1.807, 2.05) is 31.4 Å². The van der Waals surface area contributed by atoms with E-state index in [-0.39, 0.29) is 5.91 Å². The van der Waals surface area contributed by atoms with Gasteiger partial charge >= 0.3 is 5.97 Å². The van der Waals surface area contributed by atoms with Gasteiger partial charge in [0, 0.05) is 37.3 Å². The number of benzene rings is 1. The first kappa shape index (κ1) is 24.4. The smallest absolute Gasteiger partial charge is 0.328 e. The van der Waals surface area contributed by atoms with Crippen LogP contribution < -0.4 is 10.1 Å². The molecule has 0 spiro atoms. The highest BCUT2D eigenvalue weighted by atomic mass is 32.2. The molecular weight excluding hydrogens is 430 g/mol. The molecule has 2 aromatic rings. The molecule has 176 valence electrons. The van der Waals surface area contributed by atoms with Gasteiger partial charge in [-0.2, -0.15) is 11.8 Å². The maximum absolute atomic E-state index is 13.4. The summed E-state index contributed by atoms with van der Waals surface area (Å²) in [5, 5.41) is 3.71. The first-order valence-corrected chi connectivity index (χ1v) is 12.2. The quantitative estimate of drug-likeness (QED) is 0.542. The number of ether oxygens (including phenoxy) is 3. The average molecular weight is 464 g/mol. The Morgan fingerprint density at radius 1 is 1.22 bits per heavy atom. The number of hydrogen-bond acceptors (Lipinski definition) is 7. The predicted molar refractivity (Wildman–Crippen MR) is 127 cm³/mol. The van der Waals surface area contributed by atoms with Crippen LogP contribution in [0.2, 0.25) is 0 Å². The number of hydrogen-bond donors (Lipinski definition) is 1. The van der Waals surface area contributed by atoms with Crippen molar-refractivity contribution >= 4 is 34.5 Å². The van der Waals surface area contributed by atoms with Crippen molar-refractivity contribution in [2.24, 2.45) is 0 Å². The molecule has 1 amide bonds. The predicted octanol–water partition coefficient (Wildman–Crippen LogP) is 2.32. The Labute approximate surface area is 193 Å². The highest BCUT2D eigenvalue weighted by Crippen LogP contribution is 2.33. The number of fused-ring (bicyclic) bond motifs is 1. The zero-order chi connectivity index (χ0) is 23.1. The summed E-state index contributed by atoms with van der Waals surface area (Å²) >= 11 is 1.62. The van der Waals surface area contributed by atoms with E-state index < -0.39 is 12.0 Å². The van der Waals surface area contributed by atoms with Crippen molar-refractivity contribution in [1.29, 1.82) is 0 Å². The van der Waals surface area contributed by atoms with Gasteiger partial charge in [-0.3, -0.25) is 9.69 Å². The van der Waals surface area contributed by atoms with Crippen LogP contribution in [-0.4, -0.2) is 86.5 Å². The molecule has 1 aliphatic heterocycles. The van der Waals surface area contributed by atoms with Crippen LogP contribution in [0.4, 0.5) is 0 Å². The Morgan fingerprint density at radius 2 is 1.97 bits per heavy atom. The average Bonchev–Trinajstić information content (AvgIpc) is 3.11. The van der Waals surface area contributed by atoms with Crippen molar-refractivity contribution in [3.05, 3.63) is 29.5 Å². The van der Waals surface area contributed by atoms with Crippen molar-refractivity contribution in [3.8, 4) is 5.75 Å². The van der Waals surface area contributed by atoms with Crippen molar-refractivity contribution in [2.45, 2.75) is 25.9 Å². The number of rotatable bonds is 10. The molecule has 3 rings (SSSR count). The van der Waals surface area contributed by atoms with E-state index in [0.29, 0.717) is 12.0 Å². The van der Waals surface area contributed by atoms with Crippen molar-refractivity contribution in [3.63, 3.8) is 0 Å². The van der Waals surface area contributed by atoms with Gasteiger partial charge in [0.15, 0.2) is 0 Å². The van der Waals surface area contributed by atoms with Crippen LogP contribution in [0.5, 0.6) is 5.75 Å².